The number of carbonyl (C=O) groups excluding carboxylic acids is 2. The summed E-state index contributed by atoms with van der Waals surface area (Å²) in [5.74, 6) is -0.398. The summed E-state index contributed by atoms with van der Waals surface area (Å²) >= 11 is 7.19. The van der Waals surface area contributed by atoms with Gasteiger partial charge in [-0.3, -0.25) is 4.79 Å². The SMILES string of the molecule is CCCCOC(=O)c1sc2nc(C(=O)NC)c(-c3ccc(Cl)cc3)c(-c3ccco3)c2c1N. The molecule has 0 bridgehead atoms. The highest BCUT2D eigenvalue weighted by Crippen LogP contribution is 2.46. The van der Waals surface area contributed by atoms with Crippen molar-refractivity contribution in [2.24, 2.45) is 0 Å². The number of nitrogens with two attached hydrogens (primary N) is 1. The number of aromatic nitrogens is 1. The number of anilines is 1. The molecule has 0 aliphatic heterocycles. The lowest BCUT2D eigenvalue weighted by atomic mass is 9.93. The monoisotopic (exact) mass is 483 g/mol. The van der Waals surface area contributed by atoms with Crippen molar-refractivity contribution in [3.8, 4) is 22.5 Å². The van der Waals surface area contributed by atoms with Gasteiger partial charge in [-0.2, -0.15) is 0 Å². The number of pyridine rings is 1. The van der Waals surface area contributed by atoms with Crippen LogP contribution in [0.5, 0.6) is 0 Å². The molecule has 3 N–H and O–H groups in total. The lowest BCUT2D eigenvalue weighted by Crippen LogP contribution is -2.20. The summed E-state index contributed by atoms with van der Waals surface area (Å²) in [4.78, 5) is 30.9. The van der Waals surface area contributed by atoms with Crippen LogP contribution < -0.4 is 11.1 Å². The van der Waals surface area contributed by atoms with Crippen molar-refractivity contribution in [1.29, 1.82) is 0 Å². The Kier molecular flexibility index (Phi) is 6.67. The minimum atomic E-state index is -0.510. The quantitative estimate of drug-likeness (QED) is 0.255. The van der Waals surface area contributed by atoms with Gasteiger partial charge in [0.1, 0.15) is 21.2 Å². The Morgan fingerprint density at radius 1 is 1.21 bits per heavy atom. The van der Waals surface area contributed by atoms with Gasteiger partial charge in [0.25, 0.3) is 5.91 Å². The number of carbonyl (C=O) groups is 2. The predicted molar refractivity (Wildman–Crippen MR) is 131 cm³/mol. The summed E-state index contributed by atoms with van der Waals surface area (Å²) in [5, 5.41) is 3.74. The van der Waals surface area contributed by atoms with Gasteiger partial charge in [-0.15, -0.1) is 11.3 Å². The van der Waals surface area contributed by atoms with Gasteiger partial charge in [0.05, 0.1) is 18.6 Å². The van der Waals surface area contributed by atoms with E-state index in [0.717, 1.165) is 24.2 Å². The van der Waals surface area contributed by atoms with Crippen LogP contribution >= 0.6 is 22.9 Å². The van der Waals surface area contributed by atoms with Crippen molar-refractivity contribution >= 4 is 50.7 Å². The molecule has 170 valence electrons. The Morgan fingerprint density at radius 3 is 2.61 bits per heavy atom. The molecule has 3 heterocycles. The standard InChI is InChI=1S/C24H22ClN3O4S/c1-3-4-11-32-24(30)21-19(26)18-17(15-6-5-12-31-15)16(13-7-9-14(25)10-8-13)20(22(29)27-2)28-23(18)33-21/h5-10,12H,3-4,11,26H2,1-2H3,(H,27,29). The second-order valence-corrected chi connectivity index (χ2v) is 8.72. The van der Waals surface area contributed by atoms with E-state index in [1.807, 2.05) is 6.92 Å². The van der Waals surface area contributed by atoms with Crippen LogP contribution in [0.1, 0.15) is 39.9 Å². The van der Waals surface area contributed by atoms with E-state index >= 15 is 0 Å². The maximum Gasteiger partial charge on any atom is 0.350 e. The topological polar surface area (TPSA) is 107 Å². The molecule has 7 nitrogen and oxygen atoms in total. The third kappa shape index (κ3) is 4.31. The molecule has 0 saturated heterocycles. The van der Waals surface area contributed by atoms with Gasteiger partial charge in [0, 0.05) is 28.6 Å². The summed E-state index contributed by atoms with van der Waals surface area (Å²) < 4.78 is 11.1. The number of rotatable bonds is 7. The minimum Gasteiger partial charge on any atom is -0.464 e. The third-order valence-electron chi connectivity index (χ3n) is 5.14. The van der Waals surface area contributed by atoms with Crippen molar-refractivity contribution in [2.45, 2.75) is 19.8 Å². The first kappa shape index (κ1) is 22.8. The molecule has 0 fully saturated rings. The number of fused-ring (bicyclic) bond motifs is 1. The Morgan fingerprint density at radius 2 is 1.97 bits per heavy atom. The van der Waals surface area contributed by atoms with E-state index in [1.54, 1.807) is 36.4 Å². The first-order valence-corrected chi connectivity index (χ1v) is 11.6. The lowest BCUT2D eigenvalue weighted by Gasteiger charge is -2.14. The number of unbranched alkanes of at least 4 members (excludes halogenated alkanes) is 1. The molecular formula is C24H22ClN3O4S. The fraction of sp³-hybridized carbons (Fsp3) is 0.208. The predicted octanol–water partition coefficient (Wildman–Crippen LogP) is 5.78. The highest BCUT2D eigenvalue weighted by Gasteiger charge is 2.29. The van der Waals surface area contributed by atoms with Crippen LogP contribution in [0.15, 0.2) is 47.1 Å². The van der Waals surface area contributed by atoms with Crippen LogP contribution in [0.25, 0.3) is 32.7 Å². The molecule has 4 rings (SSSR count). The fourth-order valence-corrected chi connectivity index (χ4v) is 4.65. The van der Waals surface area contributed by atoms with E-state index in [-0.39, 0.29) is 22.2 Å². The number of esters is 1. The highest BCUT2D eigenvalue weighted by molar-refractivity contribution is 7.21. The molecule has 0 aliphatic carbocycles. The van der Waals surface area contributed by atoms with E-state index in [4.69, 9.17) is 26.5 Å². The number of benzene rings is 1. The number of thiophene rings is 1. The maximum atomic E-state index is 12.9. The summed E-state index contributed by atoms with van der Waals surface area (Å²) in [5.41, 5.74) is 8.73. The van der Waals surface area contributed by atoms with Crippen LogP contribution in [0.3, 0.4) is 0 Å². The van der Waals surface area contributed by atoms with Crippen molar-refractivity contribution in [3.05, 3.63) is 58.3 Å². The Labute approximate surface area is 199 Å². The van der Waals surface area contributed by atoms with E-state index in [0.29, 0.717) is 44.3 Å². The molecule has 3 aromatic heterocycles. The van der Waals surface area contributed by atoms with Gasteiger partial charge in [-0.25, -0.2) is 9.78 Å². The van der Waals surface area contributed by atoms with Crippen molar-refractivity contribution in [2.75, 3.05) is 19.4 Å². The molecule has 1 amide bonds. The van der Waals surface area contributed by atoms with E-state index in [1.165, 1.54) is 13.3 Å². The van der Waals surface area contributed by atoms with Gasteiger partial charge in [0.2, 0.25) is 0 Å². The average Bonchev–Trinajstić information content (AvgIpc) is 3.46. The van der Waals surface area contributed by atoms with Crippen LogP contribution in [-0.4, -0.2) is 30.5 Å². The van der Waals surface area contributed by atoms with Crippen molar-refractivity contribution < 1.29 is 18.7 Å². The van der Waals surface area contributed by atoms with Crippen LogP contribution in [0, 0.1) is 0 Å². The first-order chi connectivity index (χ1) is 16.0. The van der Waals surface area contributed by atoms with Gasteiger partial charge >= 0.3 is 5.97 Å². The second kappa shape index (κ2) is 9.64. The number of halogens is 1. The molecule has 0 unspecified atom stereocenters. The minimum absolute atomic E-state index is 0.186. The zero-order chi connectivity index (χ0) is 23.5. The van der Waals surface area contributed by atoms with Crippen LogP contribution in [0.4, 0.5) is 5.69 Å². The summed E-state index contributed by atoms with van der Waals surface area (Å²) in [6.45, 7) is 2.32. The first-order valence-electron chi connectivity index (χ1n) is 10.4. The van der Waals surface area contributed by atoms with Gasteiger partial charge < -0.3 is 20.2 Å². The lowest BCUT2D eigenvalue weighted by molar-refractivity contribution is 0.0506. The van der Waals surface area contributed by atoms with Crippen molar-refractivity contribution in [3.63, 3.8) is 0 Å². The fourth-order valence-electron chi connectivity index (χ4n) is 3.53. The number of nitrogen functional groups attached to an aromatic ring is 1. The van der Waals surface area contributed by atoms with Crippen LogP contribution in [-0.2, 0) is 4.74 Å². The largest absolute Gasteiger partial charge is 0.464 e. The summed E-state index contributed by atoms with van der Waals surface area (Å²) in [7, 11) is 1.53. The normalized spacial score (nSPS) is 11.0. The molecule has 0 saturated carbocycles. The number of hydrogen-bond acceptors (Lipinski definition) is 7. The maximum absolute atomic E-state index is 12.9. The van der Waals surface area contributed by atoms with Gasteiger partial charge in [-0.05, 0) is 36.2 Å². The van der Waals surface area contributed by atoms with Crippen LogP contribution in [0.2, 0.25) is 5.02 Å². The second-order valence-electron chi connectivity index (χ2n) is 7.29. The average molecular weight is 484 g/mol. The molecule has 9 heteroatoms. The molecular weight excluding hydrogens is 462 g/mol. The summed E-state index contributed by atoms with van der Waals surface area (Å²) in [6.07, 6.45) is 3.20. The molecule has 4 aromatic rings. The van der Waals surface area contributed by atoms with E-state index in [9.17, 15) is 9.59 Å². The molecule has 1 aromatic carbocycles. The van der Waals surface area contributed by atoms with Gasteiger partial charge in [0.15, 0.2) is 0 Å². The third-order valence-corrected chi connectivity index (χ3v) is 6.47. The number of nitrogens with one attached hydrogen (secondary N) is 1. The molecule has 0 spiro atoms. The Balaban J connectivity index is 2.04. The Bertz CT molecular complexity index is 1310. The molecule has 0 radical (unpaired) electrons. The van der Waals surface area contributed by atoms with Gasteiger partial charge in [-0.1, -0.05) is 37.1 Å². The van der Waals surface area contributed by atoms with E-state index in [2.05, 4.69) is 10.3 Å². The highest BCUT2D eigenvalue weighted by atomic mass is 35.5. The van der Waals surface area contributed by atoms with E-state index < -0.39 is 5.97 Å². The number of amides is 1. The number of hydrogen-bond donors (Lipinski definition) is 2. The summed E-state index contributed by atoms with van der Waals surface area (Å²) in [6, 6.07) is 10.6. The number of nitrogens with zero attached hydrogens (tertiary/aromatic N) is 1. The number of furan rings is 1. The molecule has 33 heavy (non-hydrogen) atoms. The zero-order valence-corrected chi connectivity index (χ0v) is 19.7. The smallest absolute Gasteiger partial charge is 0.350 e. The Hall–Kier alpha value is -3.36. The molecule has 0 aliphatic rings. The zero-order valence-electron chi connectivity index (χ0n) is 18.1. The molecule has 0 atom stereocenters. The number of ether oxygens (including phenoxy) is 1. The van der Waals surface area contributed by atoms with Crippen molar-refractivity contribution in [1.82, 2.24) is 10.3 Å².